The Balaban J connectivity index is 1.67. The maximum Gasteiger partial charge on any atom is 0.228 e. The van der Waals surface area contributed by atoms with E-state index in [-0.39, 0.29) is 24.2 Å². The van der Waals surface area contributed by atoms with E-state index in [2.05, 4.69) is 20.9 Å². The molecule has 6 heteroatoms. The van der Waals surface area contributed by atoms with Crippen LogP contribution in [-0.4, -0.2) is 35.3 Å². The summed E-state index contributed by atoms with van der Waals surface area (Å²) < 4.78 is 0.913. The van der Waals surface area contributed by atoms with E-state index in [1.165, 1.54) is 0 Å². The molecule has 124 valence electrons. The van der Waals surface area contributed by atoms with Crippen LogP contribution in [0.3, 0.4) is 0 Å². The standard InChI is InChI=1S/C18H18BrN3O2/c1-21(11-13-4-3-7-20-10-13)18(24)14-8-17(23)22(12-14)16-6-2-5-15(19)9-16/h2-7,9-10,14H,8,11-12H2,1H3. The normalized spacial score (nSPS) is 17.2. The van der Waals surface area contributed by atoms with Gasteiger partial charge in [0, 0.05) is 49.1 Å². The van der Waals surface area contributed by atoms with Gasteiger partial charge in [-0.1, -0.05) is 28.1 Å². The Labute approximate surface area is 149 Å². The van der Waals surface area contributed by atoms with Gasteiger partial charge in [0.25, 0.3) is 0 Å². The van der Waals surface area contributed by atoms with E-state index in [1.54, 1.807) is 29.2 Å². The van der Waals surface area contributed by atoms with Crippen LogP contribution in [0.2, 0.25) is 0 Å². The van der Waals surface area contributed by atoms with Gasteiger partial charge in [-0.15, -0.1) is 0 Å². The summed E-state index contributed by atoms with van der Waals surface area (Å²) in [6.45, 7) is 0.916. The summed E-state index contributed by atoms with van der Waals surface area (Å²) in [7, 11) is 1.77. The van der Waals surface area contributed by atoms with Crippen LogP contribution in [0.5, 0.6) is 0 Å². The highest BCUT2D eigenvalue weighted by Crippen LogP contribution is 2.28. The highest BCUT2D eigenvalue weighted by Gasteiger charge is 2.36. The summed E-state index contributed by atoms with van der Waals surface area (Å²) in [5, 5.41) is 0. The molecular weight excluding hydrogens is 370 g/mol. The molecule has 0 saturated carbocycles. The first-order chi connectivity index (χ1) is 11.5. The number of rotatable bonds is 4. The van der Waals surface area contributed by atoms with E-state index in [0.29, 0.717) is 13.1 Å². The zero-order valence-corrected chi connectivity index (χ0v) is 14.9. The summed E-state index contributed by atoms with van der Waals surface area (Å²) in [6.07, 6.45) is 3.71. The van der Waals surface area contributed by atoms with Crippen LogP contribution >= 0.6 is 15.9 Å². The highest BCUT2D eigenvalue weighted by molar-refractivity contribution is 9.10. The van der Waals surface area contributed by atoms with E-state index in [0.717, 1.165) is 15.7 Å². The molecule has 2 amide bonds. The van der Waals surface area contributed by atoms with Crippen molar-refractivity contribution in [3.63, 3.8) is 0 Å². The number of anilines is 1. The third-order valence-electron chi connectivity index (χ3n) is 4.11. The van der Waals surface area contributed by atoms with Crippen molar-refractivity contribution in [1.82, 2.24) is 9.88 Å². The van der Waals surface area contributed by atoms with Crippen LogP contribution in [0.4, 0.5) is 5.69 Å². The van der Waals surface area contributed by atoms with Crippen molar-refractivity contribution in [2.24, 2.45) is 5.92 Å². The number of nitrogens with zero attached hydrogens (tertiary/aromatic N) is 3. The lowest BCUT2D eigenvalue weighted by Crippen LogP contribution is -2.34. The number of pyridine rings is 1. The molecule has 0 N–H and O–H groups in total. The molecule has 0 radical (unpaired) electrons. The Bertz CT molecular complexity index is 751. The summed E-state index contributed by atoms with van der Waals surface area (Å²) in [4.78, 5) is 32.4. The van der Waals surface area contributed by atoms with Gasteiger partial charge in [0.2, 0.25) is 11.8 Å². The van der Waals surface area contributed by atoms with Crippen molar-refractivity contribution < 1.29 is 9.59 Å². The molecule has 1 fully saturated rings. The van der Waals surface area contributed by atoms with Crippen LogP contribution in [0.1, 0.15) is 12.0 Å². The van der Waals surface area contributed by atoms with Crippen LogP contribution in [0.25, 0.3) is 0 Å². The first-order valence-corrected chi connectivity index (χ1v) is 8.53. The fraction of sp³-hybridized carbons (Fsp3) is 0.278. The van der Waals surface area contributed by atoms with E-state index in [4.69, 9.17) is 0 Å². The summed E-state index contributed by atoms with van der Waals surface area (Å²) in [6, 6.07) is 11.4. The Morgan fingerprint density at radius 1 is 1.38 bits per heavy atom. The van der Waals surface area contributed by atoms with Crippen molar-refractivity contribution in [3.8, 4) is 0 Å². The average molecular weight is 388 g/mol. The topological polar surface area (TPSA) is 53.5 Å². The summed E-state index contributed by atoms with van der Waals surface area (Å²) >= 11 is 3.41. The fourth-order valence-electron chi connectivity index (χ4n) is 2.92. The Kier molecular flexibility index (Phi) is 4.94. The Morgan fingerprint density at radius 2 is 2.21 bits per heavy atom. The maximum absolute atomic E-state index is 12.7. The lowest BCUT2D eigenvalue weighted by molar-refractivity contribution is -0.135. The molecule has 0 bridgehead atoms. The number of carbonyl (C=O) groups excluding carboxylic acids is 2. The number of carbonyl (C=O) groups is 2. The van der Waals surface area contributed by atoms with Crippen molar-refractivity contribution in [2.75, 3.05) is 18.5 Å². The molecule has 1 aromatic carbocycles. The molecular formula is C18H18BrN3O2. The Hall–Kier alpha value is -2.21. The molecule has 2 heterocycles. The minimum Gasteiger partial charge on any atom is -0.341 e. The first kappa shape index (κ1) is 16.6. The van der Waals surface area contributed by atoms with Crippen LogP contribution in [0, 0.1) is 5.92 Å². The molecule has 3 rings (SSSR count). The smallest absolute Gasteiger partial charge is 0.228 e. The van der Waals surface area contributed by atoms with Crippen molar-refractivity contribution in [3.05, 3.63) is 58.8 Å². The van der Waals surface area contributed by atoms with E-state index in [1.807, 2.05) is 36.4 Å². The highest BCUT2D eigenvalue weighted by atomic mass is 79.9. The largest absolute Gasteiger partial charge is 0.341 e. The second-order valence-corrected chi connectivity index (χ2v) is 6.86. The summed E-state index contributed by atoms with van der Waals surface area (Å²) in [5.74, 6) is -0.330. The minimum atomic E-state index is -0.307. The van der Waals surface area contributed by atoms with Gasteiger partial charge in [-0.05, 0) is 29.8 Å². The number of hydrogen-bond donors (Lipinski definition) is 0. The number of benzene rings is 1. The zero-order valence-electron chi connectivity index (χ0n) is 13.4. The molecule has 1 aliphatic rings. The lowest BCUT2D eigenvalue weighted by atomic mass is 10.1. The van der Waals surface area contributed by atoms with Gasteiger partial charge in [-0.25, -0.2) is 0 Å². The molecule has 5 nitrogen and oxygen atoms in total. The number of aromatic nitrogens is 1. The number of amides is 2. The van der Waals surface area contributed by atoms with Gasteiger partial charge in [0.05, 0.1) is 5.92 Å². The SMILES string of the molecule is CN(Cc1cccnc1)C(=O)C1CC(=O)N(c2cccc(Br)c2)C1. The van der Waals surface area contributed by atoms with Gasteiger partial charge in [0.1, 0.15) is 0 Å². The van der Waals surface area contributed by atoms with Crippen molar-refractivity contribution in [2.45, 2.75) is 13.0 Å². The average Bonchev–Trinajstić information content (AvgIpc) is 2.97. The van der Waals surface area contributed by atoms with E-state index >= 15 is 0 Å². The van der Waals surface area contributed by atoms with Gasteiger partial charge in [0.15, 0.2) is 0 Å². The van der Waals surface area contributed by atoms with Gasteiger partial charge < -0.3 is 9.80 Å². The van der Waals surface area contributed by atoms with Crippen LogP contribution < -0.4 is 4.90 Å². The third-order valence-corrected chi connectivity index (χ3v) is 4.61. The van der Waals surface area contributed by atoms with Gasteiger partial charge in [-0.3, -0.25) is 14.6 Å². The monoisotopic (exact) mass is 387 g/mol. The fourth-order valence-corrected chi connectivity index (χ4v) is 3.31. The van der Waals surface area contributed by atoms with Crippen molar-refractivity contribution >= 4 is 33.4 Å². The quantitative estimate of drug-likeness (QED) is 0.810. The minimum absolute atomic E-state index is 0.00954. The molecule has 0 spiro atoms. The molecule has 1 atom stereocenters. The zero-order chi connectivity index (χ0) is 17.1. The van der Waals surface area contributed by atoms with Crippen LogP contribution in [0.15, 0.2) is 53.3 Å². The van der Waals surface area contributed by atoms with E-state index < -0.39 is 0 Å². The third kappa shape index (κ3) is 3.64. The molecule has 1 unspecified atom stereocenters. The lowest BCUT2D eigenvalue weighted by Gasteiger charge is -2.21. The summed E-state index contributed by atoms with van der Waals surface area (Å²) in [5.41, 5.74) is 1.79. The predicted octanol–water partition coefficient (Wildman–Crippen LogP) is 2.86. The van der Waals surface area contributed by atoms with Gasteiger partial charge in [-0.2, -0.15) is 0 Å². The number of halogens is 1. The molecule has 24 heavy (non-hydrogen) atoms. The molecule has 0 aliphatic carbocycles. The predicted molar refractivity (Wildman–Crippen MR) is 95.3 cm³/mol. The molecule has 1 aliphatic heterocycles. The second kappa shape index (κ2) is 7.13. The Morgan fingerprint density at radius 3 is 2.92 bits per heavy atom. The second-order valence-electron chi connectivity index (χ2n) is 5.94. The maximum atomic E-state index is 12.7. The number of hydrogen-bond acceptors (Lipinski definition) is 3. The first-order valence-electron chi connectivity index (χ1n) is 7.74. The molecule has 1 aromatic heterocycles. The molecule has 2 aromatic rings. The van der Waals surface area contributed by atoms with Gasteiger partial charge >= 0.3 is 0 Å². The van der Waals surface area contributed by atoms with E-state index in [9.17, 15) is 9.59 Å². The van der Waals surface area contributed by atoms with Crippen LogP contribution in [-0.2, 0) is 16.1 Å². The van der Waals surface area contributed by atoms with Crippen molar-refractivity contribution in [1.29, 1.82) is 0 Å². The molecule has 1 saturated heterocycles.